The van der Waals surface area contributed by atoms with Gasteiger partial charge in [-0.1, -0.05) is 0 Å². The van der Waals surface area contributed by atoms with Gasteiger partial charge in [0.15, 0.2) is 0 Å². The summed E-state index contributed by atoms with van der Waals surface area (Å²) in [6.07, 6.45) is 1.14. The number of hydrogen-bond acceptors (Lipinski definition) is 2. The molecule has 0 atom stereocenters. The molecule has 49 valence electrons. The SMILES string of the molecule is CC(=O)[C-]=O.[CH3-].[CH3-].[Rf].[Y]. The fraction of sp³-hybridized carbons (Fsp3) is 0.200. The van der Waals surface area contributed by atoms with Crippen LogP contribution in [0.1, 0.15) is 6.92 Å². The quantitative estimate of drug-likeness (QED) is 0.427. The number of carbonyl (C=O) groups is 1. The Bertz CT molecular complexity index is 66.0. The third kappa shape index (κ3) is 106. The number of hydrogen-bond donors (Lipinski definition) is 0. The van der Waals surface area contributed by atoms with Gasteiger partial charge < -0.3 is 24.4 Å². The Morgan fingerprint density at radius 2 is 1.44 bits per heavy atom. The van der Waals surface area contributed by atoms with Crippen LogP contribution >= 0.6 is 0 Å². The molecule has 0 bridgehead atoms. The smallest absolute Gasteiger partial charge is 0.0121 e. The van der Waals surface area contributed by atoms with E-state index in [-0.39, 0.29) is 47.6 Å². The van der Waals surface area contributed by atoms with Crippen molar-refractivity contribution >= 4 is 12.1 Å². The summed E-state index contributed by atoms with van der Waals surface area (Å²) in [4.78, 5) is 18.4. The number of rotatable bonds is 1. The molecule has 4 heteroatoms. The van der Waals surface area contributed by atoms with Gasteiger partial charge in [-0.05, 0) is 6.92 Å². The minimum absolute atomic E-state index is 0. The molecule has 0 spiro atoms. The van der Waals surface area contributed by atoms with Crippen LogP contribution in [-0.2, 0) is 42.3 Å². The van der Waals surface area contributed by atoms with E-state index in [1.807, 2.05) is 0 Å². The normalized spacial score (nSPS) is 3.67. The molecule has 0 rings (SSSR count). The van der Waals surface area contributed by atoms with E-state index in [9.17, 15) is 4.79 Å². The number of carbonyl (C=O) groups excluding carboxylic acids is 2. The van der Waals surface area contributed by atoms with E-state index in [0.717, 1.165) is 13.2 Å². The molecule has 2 nitrogen and oxygen atoms in total. The molecule has 9 heavy (non-hydrogen) atoms. The molecule has 0 aliphatic carbocycles. The third-order valence-electron chi connectivity index (χ3n) is 0.144. The Hall–Kier alpha value is -0.556. The van der Waals surface area contributed by atoms with E-state index in [0.29, 0.717) is 0 Å². The average molecular weight is 457 g/mol. The van der Waals surface area contributed by atoms with Crippen LogP contribution in [-0.4, -0.2) is 12.1 Å². The first-order chi connectivity index (χ1) is 2.27. The van der Waals surface area contributed by atoms with Gasteiger partial charge in [0, 0.05) is 38.5 Å². The average Bonchev–Trinajstić information content (AvgIpc) is 1.38. The number of ketones is 1. The van der Waals surface area contributed by atoms with E-state index in [2.05, 4.69) is 0 Å². The van der Waals surface area contributed by atoms with Gasteiger partial charge in [-0.3, -0.25) is 0 Å². The molecule has 1 radical (unpaired) electrons. The fourth-order valence-electron chi connectivity index (χ4n) is 0. The predicted octanol–water partition coefficient (Wildman–Crippen LogP) is 0.583. The topological polar surface area (TPSA) is 34.1 Å². The van der Waals surface area contributed by atoms with Crippen LogP contribution in [0.2, 0.25) is 0 Å². The maximum atomic E-state index is 9.39. The van der Waals surface area contributed by atoms with Crippen molar-refractivity contribution in [3.8, 4) is 0 Å². The minimum atomic E-state index is -0.551. The first-order valence-corrected chi connectivity index (χ1v) is 1.16. The molecule has 0 aliphatic heterocycles. The van der Waals surface area contributed by atoms with Gasteiger partial charge in [0.05, 0.1) is 0 Å². The van der Waals surface area contributed by atoms with Crippen molar-refractivity contribution in [2.24, 2.45) is 0 Å². The fourth-order valence-corrected chi connectivity index (χ4v) is 0. The van der Waals surface area contributed by atoms with Crippen molar-refractivity contribution in [1.82, 2.24) is 0 Å². The molecule has 0 saturated carbocycles. The van der Waals surface area contributed by atoms with Crippen LogP contribution < -0.4 is 0 Å². The molecule has 0 aromatic rings. The maximum absolute atomic E-state index is 9.39. The zero-order valence-electron chi connectivity index (χ0n) is 6.10. The molecular weight excluding hydrogens is 448 g/mol. The Morgan fingerprint density at radius 3 is 1.44 bits per heavy atom. The summed E-state index contributed by atoms with van der Waals surface area (Å²) < 4.78 is 0. The maximum Gasteiger partial charge on any atom is 0.0121 e. The second-order valence-electron chi connectivity index (χ2n) is 0.658. The van der Waals surface area contributed by atoms with Crippen molar-refractivity contribution in [3.63, 3.8) is 0 Å². The van der Waals surface area contributed by atoms with Gasteiger partial charge in [0.25, 0.3) is 0 Å². The summed E-state index contributed by atoms with van der Waals surface area (Å²) in [5.41, 5.74) is 0. The first kappa shape index (κ1) is 39.4. The minimum Gasteiger partial charge on any atom is -0.534 e. The van der Waals surface area contributed by atoms with Crippen LogP contribution in [0.4, 0.5) is 0 Å². The predicted molar refractivity (Wildman–Crippen MR) is 29.2 cm³/mol. The standard InChI is InChI=1S/C3H3O2.2CH3.Rf.Y/c1-3(5)2-4;;;;/h1H3;2*1H3;;/q3*-1;;. The largest absolute Gasteiger partial charge is 0.534 e. The second-order valence-corrected chi connectivity index (χ2v) is 0.658. The summed E-state index contributed by atoms with van der Waals surface area (Å²) in [6, 6.07) is 0. The van der Waals surface area contributed by atoms with Gasteiger partial charge in [-0.25, -0.2) is 0 Å². The van der Waals surface area contributed by atoms with Crippen LogP contribution in [0.3, 0.4) is 0 Å². The Morgan fingerprint density at radius 1 is 1.33 bits per heavy atom. The summed E-state index contributed by atoms with van der Waals surface area (Å²) >= 11 is 0. The van der Waals surface area contributed by atoms with E-state index in [1.165, 1.54) is 0 Å². The van der Waals surface area contributed by atoms with Gasteiger partial charge in [-0.15, -0.1) is 0 Å². The molecule has 0 amide bonds. The van der Waals surface area contributed by atoms with E-state index < -0.39 is 5.78 Å². The summed E-state index contributed by atoms with van der Waals surface area (Å²) in [5, 5.41) is 0. The molecular formula is C5H9O2RfY-3. The van der Waals surface area contributed by atoms with E-state index in [1.54, 1.807) is 0 Å². The first-order valence-electron chi connectivity index (χ1n) is 1.16. The van der Waals surface area contributed by atoms with Crippen LogP contribution in [0.25, 0.3) is 0 Å². The second kappa shape index (κ2) is 26.1. The molecule has 0 aromatic heterocycles. The van der Waals surface area contributed by atoms with Crippen LogP contribution in [0.15, 0.2) is 0 Å². The van der Waals surface area contributed by atoms with Crippen LogP contribution in [0, 0.1) is 14.9 Å². The van der Waals surface area contributed by atoms with Crippen molar-refractivity contribution in [3.05, 3.63) is 14.9 Å². The van der Waals surface area contributed by atoms with Crippen molar-refractivity contribution in [2.75, 3.05) is 0 Å². The summed E-state index contributed by atoms with van der Waals surface area (Å²) in [5.74, 6) is -0.551. The molecule has 0 saturated heterocycles. The van der Waals surface area contributed by atoms with Gasteiger partial charge in [0.2, 0.25) is 0 Å². The summed E-state index contributed by atoms with van der Waals surface area (Å²) in [7, 11) is 0. The van der Waals surface area contributed by atoms with Gasteiger partial charge in [-0.2, -0.15) is 6.29 Å². The molecule has 0 heterocycles. The zero-order chi connectivity index (χ0) is 4.28. The number of Topliss-reactive ketones (excluding diaryl/α,β-unsaturated/α-hetero) is 1. The molecule has 0 fully saturated rings. The monoisotopic (exact) mass is 457 g/mol. The van der Waals surface area contributed by atoms with E-state index in [4.69, 9.17) is 4.79 Å². The summed E-state index contributed by atoms with van der Waals surface area (Å²) in [6.45, 7) is 1.16. The zero-order valence-corrected chi connectivity index (χ0v) is 15.3. The van der Waals surface area contributed by atoms with Gasteiger partial charge in [0.1, 0.15) is 0 Å². The molecule has 0 aromatic carbocycles. The molecule has 0 N–H and O–H groups in total. The Balaban J connectivity index is -0.0000000133. The van der Waals surface area contributed by atoms with Crippen LogP contribution in [0.5, 0.6) is 0 Å². The molecule has 0 unspecified atom stereocenters. The van der Waals surface area contributed by atoms with Crippen molar-refractivity contribution in [1.29, 1.82) is 0 Å². The Labute approximate surface area is 75.9 Å². The van der Waals surface area contributed by atoms with Crippen molar-refractivity contribution < 1.29 is 42.3 Å². The van der Waals surface area contributed by atoms with E-state index >= 15 is 0 Å². The van der Waals surface area contributed by atoms with Gasteiger partial charge >= 0.3 is 0 Å². The van der Waals surface area contributed by atoms with Crippen molar-refractivity contribution in [2.45, 2.75) is 6.92 Å². The Kier molecular flexibility index (Phi) is 114. The molecule has 0 aliphatic rings. The third-order valence-corrected chi connectivity index (χ3v) is 0.144.